The Morgan fingerprint density at radius 2 is 1.79 bits per heavy atom. The first kappa shape index (κ1) is 10.9. The molecule has 0 aliphatic rings. The van der Waals surface area contributed by atoms with E-state index < -0.39 is 0 Å². The summed E-state index contributed by atoms with van der Waals surface area (Å²) in [5.74, 6) is 0. The first-order chi connectivity index (χ1) is 9.42. The molecule has 3 aromatic heterocycles. The zero-order chi connectivity index (χ0) is 12.7. The number of rotatable bonds is 1. The molecular weight excluding hydrogens is 299 g/mol. The first-order valence-electron chi connectivity index (χ1n) is 6.09. The Labute approximate surface area is 116 Å². The predicted molar refractivity (Wildman–Crippen MR) is 79.4 cm³/mol. The van der Waals surface area contributed by atoms with E-state index in [9.17, 15) is 0 Å². The maximum absolute atomic E-state index is 4.58. The number of hydrogen-bond donors (Lipinski definition) is 0. The van der Waals surface area contributed by atoms with Gasteiger partial charge in [0.15, 0.2) is 0 Å². The average molecular weight is 309 g/mol. The molecule has 0 unspecified atom stereocenters. The Bertz CT molecular complexity index is 866. The van der Waals surface area contributed by atoms with Crippen LogP contribution in [0.1, 0.15) is 0 Å². The summed E-state index contributed by atoms with van der Waals surface area (Å²) >= 11 is 0.395. The van der Waals surface area contributed by atoms with E-state index in [0.29, 0.717) is 14.5 Å². The monoisotopic (exact) mass is 310 g/mol. The third-order valence-corrected chi connectivity index (χ3v) is 5.57. The standard InChI is InChI=1S/C16H10N2Se/c1-2-6-15-12(5-1)13-8-14(18-10-16(13)19-15)11-4-3-7-17-9-11/h1-10H. The molecule has 0 amide bonds. The Kier molecular flexibility index (Phi) is 2.47. The van der Waals surface area contributed by atoms with Crippen molar-refractivity contribution in [3.8, 4) is 11.3 Å². The van der Waals surface area contributed by atoms with E-state index in [4.69, 9.17) is 0 Å². The molecule has 0 saturated heterocycles. The van der Waals surface area contributed by atoms with Crippen molar-refractivity contribution in [1.29, 1.82) is 0 Å². The molecule has 0 radical (unpaired) electrons. The van der Waals surface area contributed by atoms with Gasteiger partial charge in [-0.3, -0.25) is 0 Å². The van der Waals surface area contributed by atoms with Crippen molar-refractivity contribution in [2.45, 2.75) is 0 Å². The molecule has 19 heavy (non-hydrogen) atoms. The molecule has 0 atom stereocenters. The van der Waals surface area contributed by atoms with E-state index in [1.165, 1.54) is 19.3 Å². The SMILES string of the molecule is c1cncc(-c2cc3c(cn2)[se]c2ccccc23)c1. The number of pyridine rings is 2. The quantitative estimate of drug-likeness (QED) is 0.503. The van der Waals surface area contributed by atoms with Gasteiger partial charge in [0.2, 0.25) is 0 Å². The van der Waals surface area contributed by atoms with Gasteiger partial charge in [0, 0.05) is 0 Å². The topological polar surface area (TPSA) is 25.8 Å². The summed E-state index contributed by atoms with van der Waals surface area (Å²) in [5, 5.41) is 2.70. The van der Waals surface area contributed by atoms with Crippen LogP contribution in [0.2, 0.25) is 0 Å². The minimum absolute atomic E-state index is 0.395. The van der Waals surface area contributed by atoms with Gasteiger partial charge in [-0.05, 0) is 0 Å². The van der Waals surface area contributed by atoms with Crippen LogP contribution in [-0.4, -0.2) is 24.5 Å². The fraction of sp³-hybridized carbons (Fsp3) is 0. The Morgan fingerprint density at radius 3 is 2.68 bits per heavy atom. The van der Waals surface area contributed by atoms with Gasteiger partial charge < -0.3 is 0 Å². The summed E-state index contributed by atoms with van der Waals surface area (Å²) < 4.78 is 2.83. The van der Waals surface area contributed by atoms with Gasteiger partial charge in [-0.15, -0.1) is 0 Å². The second-order valence-electron chi connectivity index (χ2n) is 4.41. The van der Waals surface area contributed by atoms with Crippen LogP contribution in [0.4, 0.5) is 0 Å². The summed E-state index contributed by atoms with van der Waals surface area (Å²) in [5.41, 5.74) is 2.07. The Balaban J connectivity index is 2.03. The molecule has 0 aliphatic heterocycles. The van der Waals surface area contributed by atoms with Gasteiger partial charge in [0.25, 0.3) is 0 Å². The molecule has 0 aliphatic carbocycles. The molecule has 3 heteroatoms. The number of benzene rings is 1. The van der Waals surface area contributed by atoms with Crippen molar-refractivity contribution in [1.82, 2.24) is 9.97 Å². The van der Waals surface area contributed by atoms with Crippen LogP contribution in [0.25, 0.3) is 30.6 Å². The second kappa shape index (κ2) is 4.30. The normalized spacial score (nSPS) is 11.2. The third-order valence-electron chi connectivity index (χ3n) is 3.22. The van der Waals surface area contributed by atoms with Crippen LogP contribution in [0, 0.1) is 0 Å². The molecule has 0 fully saturated rings. The second-order valence-corrected chi connectivity index (χ2v) is 6.68. The summed E-state index contributed by atoms with van der Waals surface area (Å²) in [6.07, 6.45) is 5.67. The Hall–Kier alpha value is -1.96. The van der Waals surface area contributed by atoms with Crippen molar-refractivity contribution in [3.05, 3.63) is 61.1 Å². The minimum atomic E-state index is 0.395. The molecule has 2 nitrogen and oxygen atoms in total. The Morgan fingerprint density at radius 1 is 0.842 bits per heavy atom. The molecule has 0 saturated carbocycles. The van der Waals surface area contributed by atoms with E-state index in [1.807, 2.05) is 24.5 Å². The number of aromatic nitrogens is 2. The van der Waals surface area contributed by atoms with E-state index in [-0.39, 0.29) is 0 Å². The molecule has 90 valence electrons. The van der Waals surface area contributed by atoms with Crippen molar-refractivity contribution < 1.29 is 0 Å². The van der Waals surface area contributed by atoms with Gasteiger partial charge in [-0.2, -0.15) is 0 Å². The number of hydrogen-bond acceptors (Lipinski definition) is 2. The van der Waals surface area contributed by atoms with Gasteiger partial charge in [0.1, 0.15) is 0 Å². The first-order valence-corrected chi connectivity index (χ1v) is 7.81. The molecule has 0 bridgehead atoms. The van der Waals surface area contributed by atoms with Crippen LogP contribution in [0.5, 0.6) is 0 Å². The fourth-order valence-electron chi connectivity index (χ4n) is 2.30. The van der Waals surface area contributed by atoms with Crippen LogP contribution < -0.4 is 0 Å². The van der Waals surface area contributed by atoms with Crippen LogP contribution in [-0.2, 0) is 0 Å². The average Bonchev–Trinajstić information content (AvgIpc) is 2.86. The van der Waals surface area contributed by atoms with Crippen LogP contribution in [0.3, 0.4) is 0 Å². The van der Waals surface area contributed by atoms with Crippen molar-refractivity contribution in [2.24, 2.45) is 0 Å². The van der Waals surface area contributed by atoms with Crippen molar-refractivity contribution in [3.63, 3.8) is 0 Å². The number of nitrogens with zero attached hydrogens (tertiary/aromatic N) is 2. The molecular formula is C16H10N2Se. The maximum atomic E-state index is 4.58. The summed E-state index contributed by atoms with van der Waals surface area (Å²) in [7, 11) is 0. The van der Waals surface area contributed by atoms with Gasteiger partial charge in [0.05, 0.1) is 0 Å². The fourth-order valence-corrected chi connectivity index (χ4v) is 4.52. The summed E-state index contributed by atoms with van der Waals surface area (Å²) in [6, 6.07) is 14.8. The third kappa shape index (κ3) is 1.79. The van der Waals surface area contributed by atoms with Crippen molar-refractivity contribution >= 4 is 33.8 Å². The van der Waals surface area contributed by atoms with Gasteiger partial charge in [-0.1, -0.05) is 0 Å². The van der Waals surface area contributed by atoms with E-state index in [0.717, 1.165) is 11.3 Å². The molecule has 0 N–H and O–H groups in total. The molecule has 3 heterocycles. The van der Waals surface area contributed by atoms with Crippen LogP contribution in [0.15, 0.2) is 61.1 Å². The molecule has 4 aromatic rings. The van der Waals surface area contributed by atoms with Gasteiger partial charge >= 0.3 is 116 Å². The summed E-state index contributed by atoms with van der Waals surface area (Å²) in [4.78, 5) is 8.74. The molecule has 0 spiro atoms. The number of fused-ring (bicyclic) bond motifs is 3. The van der Waals surface area contributed by atoms with E-state index >= 15 is 0 Å². The molecule has 1 aromatic carbocycles. The van der Waals surface area contributed by atoms with Gasteiger partial charge in [-0.25, -0.2) is 0 Å². The van der Waals surface area contributed by atoms with Crippen LogP contribution >= 0.6 is 0 Å². The van der Waals surface area contributed by atoms with Crippen molar-refractivity contribution in [2.75, 3.05) is 0 Å². The summed E-state index contributed by atoms with van der Waals surface area (Å²) in [6.45, 7) is 0. The zero-order valence-electron chi connectivity index (χ0n) is 10.1. The van der Waals surface area contributed by atoms with E-state index in [1.54, 1.807) is 6.20 Å². The predicted octanol–water partition coefficient (Wildman–Crippen LogP) is 3.51. The van der Waals surface area contributed by atoms with E-state index in [2.05, 4.69) is 40.3 Å². The molecule has 4 rings (SSSR count). The zero-order valence-corrected chi connectivity index (χ0v) is 11.8.